The van der Waals surface area contributed by atoms with Gasteiger partial charge in [-0.2, -0.15) is 13.2 Å². The molecule has 152 valence electrons. The van der Waals surface area contributed by atoms with Crippen LogP contribution in [0.5, 0.6) is 11.5 Å². The van der Waals surface area contributed by atoms with Crippen LogP contribution in [0, 0.1) is 0 Å². The van der Waals surface area contributed by atoms with Gasteiger partial charge in [-0.1, -0.05) is 11.6 Å². The van der Waals surface area contributed by atoms with E-state index in [9.17, 15) is 23.1 Å². The summed E-state index contributed by atoms with van der Waals surface area (Å²) < 4.78 is 52.0. The van der Waals surface area contributed by atoms with Crippen LogP contribution in [0.2, 0.25) is 5.02 Å². The number of aliphatic hydroxyl groups excluding tert-OH is 1. The van der Waals surface area contributed by atoms with E-state index in [1.807, 2.05) is 0 Å². The predicted molar refractivity (Wildman–Crippen MR) is 98.2 cm³/mol. The lowest BCUT2D eigenvalue weighted by molar-refractivity contribution is -0.137. The van der Waals surface area contributed by atoms with Gasteiger partial charge >= 0.3 is 12.3 Å². The number of methoxy groups -OCH3 is 1. The van der Waals surface area contributed by atoms with E-state index < -0.39 is 24.0 Å². The number of carbonyl (C=O) groups excluding carboxylic acids is 1. The van der Waals surface area contributed by atoms with Crippen molar-refractivity contribution >= 4 is 29.5 Å². The van der Waals surface area contributed by atoms with E-state index in [0.717, 1.165) is 12.1 Å². The summed E-state index contributed by atoms with van der Waals surface area (Å²) in [5.74, 6) is 0.671. The lowest BCUT2D eigenvalue weighted by Gasteiger charge is -2.13. The van der Waals surface area contributed by atoms with E-state index in [0.29, 0.717) is 9.92 Å². The lowest BCUT2D eigenvalue weighted by atomic mass is 10.2. The smallest absolute Gasteiger partial charge is 0.491 e. The zero-order valence-electron chi connectivity index (χ0n) is 14.5. The van der Waals surface area contributed by atoms with Crippen LogP contribution in [-0.4, -0.2) is 36.8 Å². The van der Waals surface area contributed by atoms with Crippen LogP contribution in [0.25, 0.3) is 0 Å². The van der Waals surface area contributed by atoms with Crippen LogP contribution < -0.4 is 9.47 Å². The molecule has 5 nitrogen and oxygen atoms in total. The summed E-state index contributed by atoms with van der Waals surface area (Å²) >= 11 is 7.35. The van der Waals surface area contributed by atoms with Gasteiger partial charge in [0.15, 0.2) is 0 Å². The van der Waals surface area contributed by atoms with E-state index in [-0.39, 0.29) is 23.9 Å². The second-order valence-electron chi connectivity index (χ2n) is 5.45. The molecule has 1 unspecified atom stereocenters. The molecule has 10 heteroatoms. The molecule has 0 aliphatic carbocycles. The number of thioether (sulfide) groups is 1. The van der Waals surface area contributed by atoms with Crippen molar-refractivity contribution in [2.45, 2.75) is 17.2 Å². The van der Waals surface area contributed by atoms with E-state index in [4.69, 9.17) is 21.1 Å². The van der Waals surface area contributed by atoms with Crippen molar-refractivity contribution in [2.75, 3.05) is 19.5 Å². The molecule has 2 rings (SSSR count). The van der Waals surface area contributed by atoms with Gasteiger partial charge in [0.05, 0.1) is 23.8 Å². The van der Waals surface area contributed by atoms with Gasteiger partial charge in [0.2, 0.25) is 0 Å². The Balaban J connectivity index is 1.82. The Morgan fingerprint density at radius 1 is 1.18 bits per heavy atom. The van der Waals surface area contributed by atoms with E-state index in [1.54, 1.807) is 6.07 Å². The van der Waals surface area contributed by atoms with Gasteiger partial charge in [-0.25, -0.2) is 4.79 Å². The number of aliphatic hydroxyl groups is 1. The van der Waals surface area contributed by atoms with Crippen molar-refractivity contribution < 1.29 is 37.3 Å². The van der Waals surface area contributed by atoms with Crippen molar-refractivity contribution in [1.29, 1.82) is 0 Å². The molecule has 0 spiro atoms. The zero-order chi connectivity index (χ0) is 20.7. The second kappa shape index (κ2) is 9.90. The first-order valence-electron chi connectivity index (χ1n) is 7.85. The van der Waals surface area contributed by atoms with Gasteiger partial charge in [0.1, 0.15) is 18.1 Å². The highest BCUT2D eigenvalue weighted by molar-refractivity contribution is 7.99. The molecular formula is C18H16ClF3O5S. The molecular weight excluding hydrogens is 421 g/mol. The predicted octanol–water partition coefficient (Wildman–Crippen LogP) is 5.04. The van der Waals surface area contributed by atoms with Crippen LogP contribution in [0.4, 0.5) is 18.0 Å². The van der Waals surface area contributed by atoms with Crippen molar-refractivity contribution in [3.05, 3.63) is 53.1 Å². The molecule has 0 fully saturated rings. The molecule has 0 saturated carbocycles. The first-order chi connectivity index (χ1) is 13.2. The highest BCUT2D eigenvalue weighted by Crippen LogP contribution is 2.32. The van der Waals surface area contributed by atoms with Gasteiger partial charge < -0.3 is 19.3 Å². The Kier molecular flexibility index (Phi) is 7.85. The molecule has 2 aromatic rings. The summed E-state index contributed by atoms with van der Waals surface area (Å²) in [6, 6.07) is 8.79. The number of hydrogen-bond donors (Lipinski definition) is 1. The van der Waals surface area contributed by atoms with Gasteiger partial charge in [-0.15, -0.1) is 11.8 Å². The maximum atomic E-state index is 12.5. The Labute approximate surface area is 168 Å². The molecule has 1 N–H and O–H groups in total. The minimum absolute atomic E-state index is 0.0977. The highest BCUT2D eigenvalue weighted by Gasteiger charge is 2.30. The summed E-state index contributed by atoms with van der Waals surface area (Å²) in [5, 5.41) is 10.3. The SMILES string of the molecule is COC(=O)Oc1ccc(SCC(O)COc2ccc(C(F)(F)F)cc2)c(Cl)c1. The Hall–Kier alpha value is -2.10. The molecule has 0 aromatic heterocycles. The fraction of sp³-hybridized carbons (Fsp3) is 0.278. The number of carbonyl (C=O) groups is 1. The maximum absolute atomic E-state index is 12.5. The maximum Gasteiger partial charge on any atom is 0.513 e. The molecule has 0 bridgehead atoms. The second-order valence-corrected chi connectivity index (χ2v) is 6.92. The number of benzene rings is 2. The average Bonchev–Trinajstić information content (AvgIpc) is 2.65. The molecule has 0 radical (unpaired) electrons. The van der Waals surface area contributed by atoms with E-state index in [1.165, 1.54) is 43.1 Å². The third-order valence-electron chi connectivity index (χ3n) is 3.33. The normalized spacial score (nSPS) is 12.4. The van der Waals surface area contributed by atoms with Crippen molar-refractivity contribution in [2.24, 2.45) is 0 Å². The summed E-state index contributed by atoms with van der Waals surface area (Å²) in [6.45, 7) is -0.0977. The minimum Gasteiger partial charge on any atom is -0.491 e. The number of alkyl halides is 3. The van der Waals surface area contributed by atoms with Crippen molar-refractivity contribution in [1.82, 2.24) is 0 Å². The Bertz CT molecular complexity index is 799. The van der Waals surface area contributed by atoms with Crippen LogP contribution in [0.3, 0.4) is 0 Å². The molecule has 0 heterocycles. The molecule has 1 atom stereocenters. The monoisotopic (exact) mass is 436 g/mol. The zero-order valence-corrected chi connectivity index (χ0v) is 16.1. The highest BCUT2D eigenvalue weighted by atomic mass is 35.5. The summed E-state index contributed by atoms with van der Waals surface area (Å²) in [5.41, 5.74) is -0.773. The third-order valence-corrected chi connectivity index (χ3v) is 4.97. The number of ether oxygens (including phenoxy) is 3. The summed E-state index contributed by atoms with van der Waals surface area (Å²) in [7, 11) is 1.18. The van der Waals surface area contributed by atoms with Gasteiger partial charge in [-0.05, 0) is 36.4 Å². The largest absolute Gasteiger partial charge is 0.513 e. The summed E-state index contributed by atoms with van der Waals surface area (Å²) in [4.78, 5) is 11.7. The fourth-order valence-corrected chi connectivity index (χ4v) is 3.13. The molecule has 0 amide bonds. The van der Waals surface area contributed by atoms with E-state index in [2.05, 4.69) is 4.74 Å². The first kappa shape index (κ1) is 22.2. The van der Waals surface area contributed by atoms with Crippen LogP contribution in [0.1, 0.15) is 5.56 Å². The van der Waals surface area contributed by atoms with Gasteiger partial charge in [0, 0.05) is 16.7 Å². The topological polar surface area (TPSA) is 65.0 Å². The van der Waals surface area contributed by atoms with E-state index >= 15 is 0 Å². The average molecular weight is 437 g/mol. The lowest BCUT2D eigenvalue weighted by Crippen LogP contribution is -2.20. The van der Waals surface area contributed by atoms with Gasteiger partial charge in [0.25, 0.3) is 0 Å². The quantitative estimate of drug-likeness (QED) is 0.373. The van der Waals surface area contributed by atoms with Crippen molar-refractivity contribution in [3.63, 3.8) is 0 Å². The first-order valence-corrected chi connectivity index (χ1v) is 9.21. The fourth-order valence-electron chi connectivity index (χ4n) is 1.97. The molecule has 2 aromatic carbocycles. The molecule has 0 aliphatic heterocycles. The number of hydrogen-bond acceptors (Lipinski definition) is 6. The number of rotatable bonds is 7. The van der Waals surface area contributed by atoms with Crippen LogP contribution in [-0.2, 0) is 10.9 Å². The minimum atomic E-state index is -4.41. The standard InChI is InChI=1S/C18H16ClF3O5S/c1-25-17(24)27-14-6-7-16(15(19)8-14)28-10-12(23)9-26-13-4-2-11(3-5-13)18(20,21)22/h2-8,12,23H,9-10H2,1H3. The van der Waals surface area contributed by atoms with Gasteiger partial charge in [-0.3, -0.25) is 0 Å². The third kappa shape index (κ3) is 6.81. The van der Waals surface area contributed by atoms with Crippen LogP contribution in [0.15, 0.2) is 47.4 Å². The van der Waals surface area contributed by atoms with Crippen molar-refractivity contribution in [3.8, 4) is 11.5 Å². The molecule has 0 saturated heterocycles. The van der Waals surface area contributed by atoms with Crippen LogP contribution >= 0.6 is 23.4 Å². The Morgan fingerprint density at radius 2 is 1.82 bits per heavy atom. The summed E-state index contributed by atoms with van der Waals surface area (Å²) in [6.07, 6.45) is -6.16. The Morgan fingerprint density at radius 3 is 2.39 bits per heavy atom. The molecule has 0 aliphatic rings. The molecule has 28 heavy (non-hydrogen) atoms. The number of halogens is 4.